The lowest BCUT2D eigenvalue weighted by molar-refractivity contribution is -0.133. The van der Waals surface area contributed by atoms with Gasteiger partial charge in [-0.15, -0.1) is 0 Å². The Labute approximate surface area is 164 Å². The van der Waals surface area contributed by atoms with Gasteiger partial charge in [-0.25, -0.2) is 14.4 Å². The summed E-state index contributed by atoms with van der Waals surface area (Å²) in [5, 5.41) is 9.96. The molecular weight excluding hydrogens is 359 g/mol. The molecule has 1 atom stereocenters. The smallest absolute Gasteiger partial charge is 0.227 e. The average molecular weight is 384 g/mol. The summed E-state index contributed by atoms with van der Waals surface area (Å²) in [6.45, 7) is 2.90. The summed E-state index contributed by atoms with van der Waals surface area (Å²) in [6, 6.07) is 8.22. The highest BCUT2D eigenvalue weighted by molar-refractivity contribution is 5.79. The standard InChI is InChI=1S/C21H25FN4O2/c22-18-5-2-1-4-16(18)12-19(28)25-10-6-21(7-11-25)15-26(13-17(21)14-27)20-23-8-3-9-24-20/h1-5,8-9,17,27H,6-7,10-15H2. The second-order valence-corrected chi connectivity index (χ2v) is 7.82. The summed E-state index contributed by atoms with van der Waals surface area (Å²) in [7, 11) is 0. The molecule has 6 nitrogen and oxygen atoms in total. The SMILES string of the molecule is O=C(Cc1ccccc1F)N1CCC2(CC1)CN(c1ncccn1)CC2CO. The fourth-order valence-electron chi connectivity index (χ4n) is 4.58. The molecule has 0 saturated carbocycles. The third-order valence-electron chi connectivity index (χ3n) is 6.28. The van der Waals surface area contributed by atoms with Gasteiger partial charge in [0.05, 0.1) is 6.42 Å². The third-order valence-corrected chi connectivity index (χ3v) is 6.28. The van der Waals surface area contributed by atoms with Crippen molar-refractivity contribution in [3.63, 3.8) is 0 Å². The number of benzene rings is 1. The van der Waals surface area contributed by atoms with Crippen molar-refractivity contribution in [1.82, 2.24) is 14.9 Å². The van der Waals surface area contributed by atoms with Crippen LogP contribution in [0.15, 0.2) is 42.7 Å². The maximum absolute atomic E-state index is 13.8. The topological polar surface area (TPSA) is 69.6 Å². The van der Waals surface area contributed by atoms with Gasteiger partial charge in [0.2, 0.25) is 11.9 Å². The highest BCUT2D eigenvalue weighted by Crippen LogP contribution is 2.45. The highest BCUT2D eigenvalue weighted by Gasteiger charge is 2.48. The van der Waals surface area contributed by atoms with Crippen molar-refractivity contribution < 1.29 is 14.3 Å². The van der Waals surface area contributed by atoms with Crippen LogP contribution in [-0.2, 0) is 11.2 Å². The number of nitrogens with zero attached hydrogens (tertiary/aromatic N) is 4. The summed E-state index contributed by atoms with van der Waals surface area (Å²) < 4.78 is 13.8. The molecule has 1 N–H and O–H groups in total. The minimum atomic E-state index is -0.334. The van der Waals surface area contributed by atoms with Crippen molar-refractivity contribution in [2.24, 2.45) is 11.3 Å². The first-order valence-electron chi connectivity index (χ1n) is 9.75. The number of piperidine rings is 1. The van der Waals surface area contributed by atoms with E-state index in [2.05, 4.69) is 14.9 Å². The molecule has 1 aromatic carbocycles. The first-order valence-corrected chi connectivity index (χ1v) is 9.75. The number of aliphatic hydroxyl groups excluding tert-OH is 1. The van der Waals surface area contributed by atoms with Crippen LogP contribution in [-0.4, -0.2) is 58.7 Å². The van der Waals surface area contributed by atoms with Gasteiger partial charge in [0.1, 0.15) is 5.82 Å². The summed E-state index contributed by atoms with van der Waals surface area (Å²) >= 11 is 0. The van der Waals surface area contributed by atoms with Crippen LogP contribution in [0, 0.1) is 17.2 Å². The molecule has 4 rings (SSSR count). The largest absolute Gasteiger partial charge is 0.396 e. The fraction of sp³-hybridized carbons (Fsp3) is 0.476. The predicted octanol–water partition coefficient (Wildman–Crippen LogP) is 1.90. The van der Waals surface area contributed by atoms with Crippen molar-refractivity contribution in [3.8, 4) is 0 Å². The molecule has 3 heterocycles. The molecule has 148 valence electrons. The number of aromatic nitrogens is 2. The van der Waals surface area contributed by atoms with Gasteiger partial charge in [0, 0.05) is 51.1 Å². The number of carbonyl (C=O) groups excluding carboxylic acids is 1. The Morgan fingerprint density at radius 2 is 1.89 bits per heavy atom. The van der Waals surface area contributed by atoms with Crippen LogP contribution >= 0.6 is 0 Å². The molecule has 2 aromatic rings. The minimum Gasteiger partial charge on any atom is -0.396 e. The number of likely N-dealkylation sites (tertiary alicyclic amines) is 1. The van der Waals surface area contributed by atoms with E-state index in [1.165, 1.54) is 6.07 Å². The number of hydrogen-bond acceptors (Lipinski definition) is 5. The lowest BCUT2D eigenvalue weighted by Crippen LogP contribution is -2.47. The van der Waals surface area contributed by atoms with Gasteiger partial charge in [-0.3, -0.25) is 4.79 Å². The molecular formula is C21H25FN4O2. The Hall–Kier alpha value is -2.54. The predicted molar refractivity (Wildman–Crippen MR) is 103 cm³/mol. The quantitative estimate of drug-likeness (QED) is 0.872. The minimum absolute atomic E-state index is 0.0390. The van der Waals surface area contributed by atoms with E-state index in [4.69, 9.17) is 0 Å². The third kappa shape index (κ3) is 3.58. The molecule has 1 aromatic heterocycles. The zero-order valence-electron chi connectivity index (χ0n) is 15.8. The molecule has 1 unspecified atom stereocenters. The van der Waals surface area contributed by atoms with Crippen molar-refractivity contribution >= 4 is 11.9 Å². The molecule has 2 saturated heterocycles. The lowest BCUT2D eigenvalue weighted by atomic mass is 9.71. The first-order chi connectivity index (χ1) is 13.6. The monoisotopic (exact) mass is 384 g/mol. The van der Waals surface area contributed by atoms with Crippen LogP contribution < -0.4 is 4.90 Å². The van der Waals surface area contributed by atoms with Crippen molar-refractivity contribution in [2.45, 2.75) is 19.3 Å². The number of aliphatic hydroxyl groups is 1. The Balaban J connectivity index is 1.41. The number of anilines is 1. The van der Waals surface area contributed by atoms with E-state index in [1.807, 2.05) is 4.90 Å². The van der Waals surface area contributed by atoms with Gasteiger partial charge >= 0.3 is 0 Å². The number of hydrogen-bond donors (Lipinski definition) is 1. The molecule has 7 heteroatoms. The Bertz CT molecular complexity index is 824. The molecule has 2 fully saturated rings. The van der Waals surface area contributed by atoms with Gasteiger partial charge in [0.15, 0.2) is 0 Å². The molecule has 0 radical (unpaired) electrons. The van der Waals surface area contributed by atoms with Gasteiger partial charge in [-0.1, -0.05) is 18.2 Å². The summed E-state index contributed by atoms with van der Waals surface area (Å²) in [6.07, 6.45) is 5.19. The fourth-order valence-corrected chi connectivity index (χ4v) is 4.58. The zero-order chi connectivity index (χ0) is 19.6. The lowest BCUT2D eigenvalue weighted by Gasteiger charge is -2.42. The second-order valence-electron chi connectivity index (χ2n) is 7.82. The van der Waals surface area contributed by atoms with Crippen LogP contribution in [0.5, 0.6) is 0 Å². The molecule has 1 spiro atoms. The molecule has 2 aliphatic heterocycles. The van der Waals surface area contributed by atoms with E-state index < -0.39 is 0 Å². The van der Waals surface area contributed by atoms with E-state index >= 15 is 0 Å². The Morgan fingerprint density at radius 3 is 2.57 bits per heavy atom. The summed E-state index contributed by atoms with van der Waals surface area (Å²) in [5.74, 6) is 0.455. The maximum Gasteiger partial charge on any atom is 0.227 e. The molecule has 2 aliphatic rings. The van der Waals surface area contributed by atoms with E-state index in [9.17, 15) is 14.3 Å². The Morgan fingerprint density at radius 1 is 1.18 bits per heavy atom. The summed E-state index contributed by atoms with van der Waals surface area (Å²) in [5.41, 5.74) is 0.400. The normalized spacial score (nSPS) is 21.3. The van der Waals surface area contributed by atoms with Crippen molar-refractivity contribution in [2.75, 3.05) is 37.7 Å². The molecule has 28 heavy (non-hydrogen) atoms. The summed E-state index contributed by atoms with van der Waals surface area (Å²) in [4.78, 5) is 25.3. The van der Waals surface area contributed by atoms with Crippen molar-refractivity contribution in [1.29, 1.82) is 0 Å². The highest BCUT2D eigenvalue weighted by atomic mass is 19.1. The van der Waals surface area contributed by atoms with Gasteiger partial charge in [0.25, 0.3) is 0 Å². The molecule has 0 bridgehead atoms. The number of carbonyl (C=O) groups is 1. The van der Waals surface area contributed by atoms with Gasteiger partial charge in [-0.2, -0.15) is 0 Å². The van der Waals surface area contributed by atoms with Gasteiger partial charge < -0.3 is 14.9 Å². The maximum atomic E-state index is 13.8. The van der Waals surface area contributed by atoms with Crippen molar-refractivity contribution in [3.05, 3.63) is 54.1 Å². The molecule has 0 aliphatic carbocycles. The van der Waals surface area contributed by atoms with E-state index in [1.54, 1.807) is 36.7 Å². The second kappa shape index (κ2) is 7.83. The van der Waals surface area contributed by atoms with E-state index in [0.717, 1.165) is 25.9 Å². The van der Waals surface area contributed by atoms with E-state index in [0.29, 0.717) is 24.6 Å². The average Bonchev–Trinajstić information content (AvgIpc) is 3.09. The zero-order valence-corrected chi connectivity index (χ0v) is 15.8. The Kier molecular flexibility index (Phi) is 5.26. The van der Waals surface area contributed by atoms with Gasteiger partial charge in [-0.05, 0) is 36.0 Å². The van der Waals surface area contributed by atoms with Crippen LogP contribution in [0.25, 0.3) is 0 Å². The van der Waals surface area contributed by atoms with Crippen LogP contribution in [0.2, 0.25) is 0 Å². The van der Waals surface area contributed by atoms with Crippen LogP contribution in [0.3, 0.4) is 0 Å². The van der Waals surface area contributed by atoms with E-state index in [-0.39, 0.29) is 36.1 Å². The number of rotatable bonds is 4. The first kappa shape index (κ1) is 18.8. The van der Waals surface area contributed by atoms with Crippen LogP contribution in [0.1, 0.15) is 18.4 Å². The van der Waals surface area contributed by atoms with Crippen LogP contribution in [0.4, 0.5) is 10.3 Å². The molecule has 1 amide bonds. The number of amides is 1. The number of halogens is 1.